The number of nitrogens with zero attached hydrogens (tertiary/aromatic N) is 4. The summed E-state index contributed by atoms with van der Waals surface area (Å²) in [6.45, 7) is -1.09. The van der Waals surface area contributed by atoms with Crippen molar-refractivity contribution in [1.29, 1.82) is 0 Å². The first-order valence-electron chi connectivity index (χ1n) is 11.1. The van der Waals surface area contributed by atoms with Gasteiger partial charge in [-0.2, -0.15) is 4.57 Å². The minimum atomic E-state index is -1.29. The van der Waals surface area contributed by atoms with Gasteiger partial charge in [-0.25, -0.2) is 14.2 Å². The van der Waals surface area contributed by atoms with Crippen LogP contribution in [-0.2, 0) is 30.6 Å². The molecule has 2 atom stereocenters. The van der Waals surface area contributed by atoms with E-state index in [-0.39, 0.29) is 34.5 Å². The van der Waals surface area contributed by atoms with E-state index >= 15 is 0 Å². The van der Waals surface area contributed by atoms with E-state index in [1.807, 2.05) is 10.6 Å². The second-order valence-electron chi connectivity index (χ2n) is 8.13. The quantitative estimate of drug-likeness (QED) is 0.0874. The maximum absolute atomic E-state index is 13.1. The minimum Gasteiger partial charge on any atom is -0.477 e. The number of nitrogen functional groups attached to an aromatic ring is 1. The fraction of sp³-hybridized carbons (Fsp3) is 0.227. The number of amides is 3. The third-order valence-electron chi connectivity index (χ3n) is 5.90. The lowest BCUT2D eigenvalue weighted by Gasteiger charge is -2.49. The number of anilines is 2. The lowest BCUT2D eigenvalue weighted by Crippen LogP contribution is -2.71. The first kappa shape index (κ1) is 26.5. The van der Waals surface area contributed by atoms with Gasteiger partial charge >= 0.3 is 5.97 Å². The van der Waals surface area contributed by atoms with Crippen LogP contribution in [0, 0.1) is 0 Å². The number of carbonyl (C=O) groups is 4. The van der Waals surface area contributed by atoms with Gasteiger partial charge in [0.15, 0.2) is 23.6 Å². The van der Waals surface area contributed by atoms with Crippen molar-refractivity contribution in [2.75, 3.05) is 23.7 Å². The molecule has 202 valence electrons. The monoisotopic (exact) mass is 592 g/mol. The second kappa shape index (κ2) is 11.0. The van der Waals surface area contributed by atoms with Crippen LogP contribution in [0.5, 0.6) is 0 Å². The molecule has 39 heavy (non-hydrogen) atoms. The summed E-state index contributed by atoms with van der Waals surface area (Å²) in [5.41, 5.74) is 6.29. The standard InChI is InChI=1S/C22H18FN7O6S3/c23-8-36-28-14(13-7-39-22(24)26-13)17(32)27-15-18(33)30-16(21(34)35)10(5-37-20(15)30)4-29-3-1-2-11-12(25-9-31)6-38-19(11)29/h1-3,6-7,9,15,20H,4-5,8H2,(H4-,24,25,26,27,31,32,34,35)/p+1/b28-14-/t15?,20-/m1/s1. The van der Waals surface area contributed by atoms with Crippen LogP contribution in [0.2, 0.25) is 0 Å². The average molecular weight is 593 g/mol. The number of oxime groups is 1. The summed E-state index contributed by atoms with van der Waals surface area (Å²) in [7, 11) is 0. The number of hydrogen-bond donors (Lipinski definition) is 4. The van der Waals surface area contributed by atoms with Gasteiger partial charge in [0.25, 0.3) is 23.5 Å². The number of nitrogens with two attached hydrogens (primary N) is 1. The highest BCUT2D eigenvalue weighted by Gasteiger charge is 2.55. The summed E-state index contributed by atoms with van der Waals surface area (Å²) < 4.78 is 14.4. The molecule has 2 aliphatic heterocycles. The molecule has 0 aromatic carbocycles. The fourth-order valence-corrected chi connectivity index (χ4v) is 7.13. The third-order valence-corrected chi connectivity index (χ3v) is 8.94. The number of alkyl halides is 1. The maximum atomic E-state index is 13.1. The summed E-state index contributed by atoms with van der Waals surface area (Å²) in [5, 5.41) is 22.2. The Morgan fingerprint density at radius 1 is 1.38 bits per heavy atom. The van der Waals surface area contributed by atoms with Gasteiger partial charge in [0, 0.05) is 28.2 Å². The zero-order chi connectivity index (χ0) is 27.7. The van der Waals surface area contributed by atoms with Gasteiger partial charge in [0.05, 0.1) is 11.1 Å². The number of nitrogens with one attached hydrogen (secondary N) is 2. The summed E-state index contributed by atoms with van der Waals surface area (Å²) in [6, 6.07) is 2.58. The Morgan fingerprint density at radius 2 is 2.21 bits per heavy atom. The fourth-order valence-electron chi connectivity index (χ4n) is 4.26. The third kappa shape index (κ3) is 4.90. The van der Waals surface area contributed by atoms with Crippen LogP contribution in [-0.4, -0.2) is 68.9 Å². The Kier molecular flexibility index (Phi) is 7.45. The topological polar surface area (TPSA) is 180 Å². The Labute approximate surface area is 231 Å². The van der Waals surface area contributed by atoms with E-state index in [0.717, 1.165) is 26.5 Å². The molecule has 5 N–H and O–H groups in total. The van der Waals surface area contributed by atoms with Gasteiger partial charge < -0.3 is 26.3 Å². The van der Waals surface area contributed by atoms with E-state index in [0.29, 0.717) is 17.7 Å². The molecular formula is C22H19FN7O6S3+. The molecule has 3 amide bonds. The number of hydrogen-bond acceptors (Lipinski definition) is 11. The van der Waals surface area contributed by atoms with Crippen LogP contribution in [0.1, 0.15) is 5.69 Å². The van der Waals surface area contributed by atoms with Gasteiger partial charge in [-0.1, -0.05) is 16.5 Å². The van der Waals surface area contributed by atoms with Gasteiger partial charge in [-0.15, -0.1) is 23.1 Å². The molecule has 0 saturated carbocycles. The number of thiazole rings is 1. The van der Waals surface area contributed by atoms with Crippen LogP contribution in [0.4, 0.5) is 15.2 Å². The number of thiophene rings is 1. The van der Waals surface area contributed by atoms with E-state index in [9.17, 15) is 28.7 Å². The van der Waals surface area contributed by atoms with Crippen molar-refractivity contribution in [3.05, 3.63) is 46.1 Å². The van der Waals surface area contributed by atoms with Crippen molar-refractivity contribution in [2.45, 2.75) is 18.0 Å². The van der Waals surface area contributed by atoms with Crippen molar-refractivity contribution < 1.29 is 38.1 Å². The van der Waals surface area contributed by atoms with E-state index in [1.54, 1.807) is 17.6 Å². The zero-order valence-electron chi connectivity index (χ0n) is 19.7. The molecule has 2 aliphatic rings. The zero-order valence-corrected chi connectivity index (χ0v) is 22.1. The lowest BCUT2D eigenvalue weighted by atomic mass is 10.0. The number of carboxylic acids is 1. The summed E-state index contributed by atoms with van der Waals surface area (Å²) in [5.74, 6) is -2.45. The van der Waals surface area contributed by atoms with E-state index in [4.69, 9.17) is 5.73 Å². The van der Waals surface area contributed by atoms with Crippen molar-refractivity contribution in [2.24, 2.45) is 5.16 Å². The number of fused-ring (bicyclic) bond motifs is 2. The van der Waals surface area contributed by atoms with E-state index in [2.05, 4.69) is 25.6 Å². The molecule has 0 aliphatic carbocycles. The van der Waals surface area contributed by atoms with Crippen LogP contribution in [0.25, 0.3) is 10.2 Å². The van der Waals surface area contributed by atoms with Gasteiger partial charge in [-0.05, 0) is 6.07 Å². The SMILES string of the molecule is Nc1nc(/C(=N/OCF)C(=O)NC2C(=O)N3C(C(=O)O)=C(C[n+]4cccc5c(NC=O)csc54)CS[C@H]23)cs1. The largest absolute Gasteiger partial charge is 0.477 e. The predicted octanol–water partition coefficient (Wildman–Crippen LogP) is 0.882. The Hall–Kier alpha value is -4.09. The van der Waals surface area contributed by atoms with Crippen LogP contribution in [0.3, 0.4) is 0 Å². The minimum absolute atomic E-state index is 0.0445. The van der Waals surface area contributed by atoms with Crippen LogP contribution >= 0.6 is 34.4 Å². The summed E-state index contributed by atoms with van der Waals surface area (Å²) in [6.07, 6.45) is 2.38. The molecule has 3 aromatic heterocycles. The average Bonchev–Trinajstić information content (AvgIpc) is 3.54. The molecule has 0 radical (unpaired) electrons. The highest BCUT2D eigenvalue weighted by molar-refractivity contribution is 8.00. The Bertz CT molecular complexity index is 1550. The molecule has 3 aromatic rings. The van der Waals surface area contributed by atoms with Crippen LogP contribution in [0.15, 0.2) is 45.5 Å². The first-order valence-corrected chi connectivity index (χ1v) is 13.9. The van der Waals surface area contributed by atoms with Crippen molar-refractivity contribution in [3.8, 4) is 0 Å². The highest BCUT2D eigenvalue weighted by Crippen LogP contribution is 2.40. The van der Waals surface area contributed by atoms with Crippen LogP contribution < -0.4 is 20.9 Å². The predicted molar refractivity (Wildman–Crippen MR) is 142 cm³/mol. The maximum Gasteiger partial charge on any atom is 0.352 e. The molecule has 0 spiro atoms. The molecule has 1 fully saturated rings. The molecule has 17 heteroatoms. The van der Waals surface area contributed by atoms with Gasteiger partial charge in [0.2, 0.25) is 6.41 Å². The number of pyridine rings is 1. The van der Waals surface area contributed by atoms with Crippen molar-refractivity contribution in [1.82, 2.24) is 15.2 Å². The number of halogens is 1. The molecule has 5 heterocycles. The molecule has 1 unspecified atom stereocenters. The number of β-lactam (4-membered cyclic amide) rings is 1. The first-order chi connectivity index (χ1) is 18.8. The number of aliphatic carboxylic acids is 1. The number of carbonyl (C=O) groups excluding carboxylic acids is 3. The van der Waals surface area contributed by atoms with Gasteiger partial charge in [0.1, 0.15) is 22.8 Å². The second-order valence-corrected chi connectivity index (χ2v) is 11.0. The Morgan fingerprint density at radius 3 is 2.90 bits per heavy atom. The number of carboxylic acid groups (broad SMARTS) is 1. The number of aromatic nitrogens is 2. The van der Waals surface area contributed by atoms with E-state index < -0.39 is 36.1 Å². The lowest BCUT2D eigenvalue weighted by molar-refractivity contribution is -0.661. The molecule has 5 rings (SSSR count). The van der Waals surface area contributed by atoms with E-state index in [1.165, 1.54) is 28.5 Å². The smallest absolute Gasteiger partial charge is 0.352 e. The summed E-state index contributed by atoms with van der Waals surface area (Å²) in [4.78, 5) is 59.5. The van der Waals surface area contributed by atoms with Crippen molar-refractivity contribution >= 4 is 85.4 Å². The number of rotatable bonds is 10. The van der Waals surface area contributed by atoms with Gasteiger partial charge in [-0.3, -0.25) is 19.3 Å². The Balaban J connectivity index is 1.38. The summed E-state index contributed by atoms with van der Waals surface area (Å²) >= 11 is 3.72. The van der Waals surface area contributed by atoms with Crippen molar-refractivity contribution in [3.63, 3.8) is 0 Å². The molecule has 1 saturated heterocycles. The highest BCUT2D eigenvalue weighted by atomic mass is 32.2. The molecule has 0 bridgehead atoms. The number of thioether (sulfide) groups is 1. The molecule has 13 nitrogen and oxygen atoms in total. The molecular weight excluding hydrogens is 573 g/mol. The normalized spacial score (nSPS) is 18.9.